The van der Waals surface area contributed by atoms with E-state index in [0.29, 0.717) is 17.1 Å². The van der Waals surface area contributed by atoms with E-state index in [-0.39, 0.29) is 18.9 Å². The quantitative estimate of drug-likeness (QED) is 0.677. The molecule has 1 heterocycles. The van der Waals surface area contributed by atoms with Gasteiger partial charge < -0.3 is 10.2 Å². The molecule has 1 N–H and O–H groups in total. The summed E-state index contributed by atoms with van der Waals surface area (Å²) in [6, 6.07) is 14.5. The normalized spacial score (nSPS) is 14.1. The summed E-state index contributed by atoms with van der Waals surface area (Å²) in [5, 5.41) is 3.42. The molecule has 0 aromatic heterocycles. The maximum atomic E-state index is 12.3. The monoisotopic (exact) mass is 435 g/mol. The summed E-state index contributed by atoms with van der Waals surface area (Å²) < 4.78 is 25.5. The second-order valence-corrected chi connectivity index (χ2v) is 9.55. The lowest BCUT2D eigenvalue weighted by Gasteiger charge is -2.22. The van der Waals surface area contributed by atoms with Gasteiger partial charge in [-0.3, -0.25) is 9.10 Å². The number of halogens is 1. The number of nitrogens with zero attached hydrogens (tertiary/aromatic N) is 2. The van der Waals surface area contributed by atoms with Crippen molar-refractivity contribution in [1.29, 1.82) is 0 Å². The second kappa shape index (κ2) is 9.50. The van der Waals surface area contributed by atoms with Gasteiger partial charge in [0.15, 0.2) is 0 Å². The number of hydrogen-bond acceptors (Lipinski definition) is 4. The lowest BCUT2D eigenvalue weighted by Crippen LogP contribution is -2.31. The van der Waals surface area contributed by atoms with Gasteiger partial charge in [0.1, 0.15) is 0 Å². The zero-order valence-corrected chi connectivity index (χ0v) is 18.0. The molecule has 0 spiro atoms. The summed E-state index contributed by atoms with van der Waals surface area (Å²) in [6.45, 7) is 2.38. The number of sulfonamides is 1. The highest BCUT2D eigenvalue weighted by Gasteiger charge is 2.18. The summed E-state index contributed by atoms with van der Waals surface area (Å²) in [5.74, 6) is -0.136. The highest BCUT2D eigenvalue weighted by Crippen LogP contribution is 2.23. The van der Waals surface area contributed by atoms with Gasteiger partial charge in [-0.25, -0.2) is 8.42 Å². The van der Waals surface area contributed by atoms with Crippen molar-refractivity contribution >= 4 is 44.6 Å². The van der Waals surface area contributed by atoms with Crippen LogP contribution in [-0.4, -0.2) is 40.2 Å². The fourth-order valence-electron chi connectivity index (χ4n) is 3.43. The first-order valence-electron chi connectivity index (χ1n) is 9.71. The van der Waals surface area contributed by atoms with Gasteiger partial charge in [-0.15, -0.1) is 0 Å². The lowest BCUT2D eigenvalue weighted by molar-refractivity contribution is -0.116. The molecule has 1 fully saturated rings. The van der Waals surface area contributed by atoms with Crippen LogP contribution in [0.3, 0.4) is 0 Å². The largest absolute Gasteiger partial charge is 0.372 e. The molecule has 0 aliphatic carbocycles. The molecule has 0 unspecified atom stereocenters. The number of benzene rings is 2. The van der Waals surface area contributed by atoms with Crippen molar-refractivity contribution in [2.45, 2.75) is 25.7 Å². The van der Waals surface area contributed by atoms with Crippen LogP contribution < -0.4 is 14.5 Å². The Balaban J connectivity index is 1.52. The Morgan fingerprint density at radius 3 is 2.28 bits per heavy atom. The van der Waals surface area contributed by atoms with Crippen molar-refractivity contribution < 1.29 is 13.2 Å². The molecule has 1 amide bonds. The van der Waals surface area contributed by atoms with Crippen molar-refractivity contribution in [3.05, 3.63) is 53.6 Å². The molecule has 0 saturated carbocycles. The minimum atomic E-state index is -3.45. The minimum absolute atomic E-state index is 0.136. The van der Waals surface area contributed by atoms with Crippen molar-refractivity contribution in [1.82, 2.24) is 0 Å². The summed E-state index contributed by atoms with van der Waals surface area (Å²) in [7, 11) is -3.45. The SMILES string of the molecule is CS(=O)(=O)N(CCCC(=O)Nc1ccc(N2CCCC2)cc1)c1ccc(Cl)cc1. The zero-order valence-electron chi connectivity index (χ0n) is 16.5. The molecule has 1 aliphatic rings. The molecular formula is C21H26ClN3O3S. The van der Waals surface area contributed by atoms with Crippen LogP contribution in [0, 0.1) is 0 Å². The Hall–Kier alpha value is -2.25. The number of rotatable bonds is 8. The van der Waals surface area contributed by atoms with E-state index in [0.717, 1.165) is 25.0 Å². The number of hydrogen-bond donors (Lipinski definition) is 1. The van der Waals surface area contributed by atoms with E-state index in [2.05, 4.69) is 10.2 Å². The van der Waals surface area contributed by atoms with Gasteiger partial charge in [0.05, 0.1) is 11.9 Å². The number of nitrogens with one attached hydrogen (secondary N) is 1. The predicted molar refractivity (Wildman–Crippen MR) is 119 cm³/mol. The second-order valence-electron chi connectivity index (χ2n) is 7.20. The van der Waals surface area contributed by atoms with E-state index in [9.17, 15) is 13.2 Å². The topological polar surface area (TPSA) is 69.7 Å². The van der Waals surface area contributed by atoms with Crippen molar-refractivity contribution in [2.24, 2.45) is 0 Å². The molecule has 0 radical (unpaired) electrons. The van der Waals surface area contributed by atoms with Gasteiger partial charge in [-0.2, -0.15) is 0 Å². The average Bonchev–Trinajstić information content (AvgIpc) is 3.21. The molecular weight excluding hydrogens is 410 g/mol. The Morgan fingerprint density at radius 2 is 1.69 bits per heavy atom. The summed E-state index contributed by atoms with van der Waals surface area (Å²) in [5.41, 5.74) is 2.46. The minimum Gasteiger partial charge on any atom is -0.372 e. The third kappa shape index (κ3) is 6.11. The highest BCUT2D eigenvalue weighted by molar-refractivity contribution is 7.92. The molecule has 29 heavy (non-hydrogen) atoms. The summed E-state index contributed by atoms with van der Waals surface area (Å²) in [4.78, 5) is 14.6. The van der Waals surface area contributed by atoms with E-state index in [1.54, 1.807) is 24.3 Å². The van der Waals surface area contributed by atoms with Gasteiger partial charge in [0.2, 0.25) is 15.9 Å². The highest BCUT2D eigenvalue weighted by atomic mass is 35.5. The van der Waals surface area contributed by atoms with Gasteiger partial charge >= 0.3 is 0 Å². The third-order valence-electron chi connectivity index (χ3n) is 4.90. The fourth-order valence-corrected chi connectivity index (χ4v) is 4.52. The number of carbonyl (C=O) groups excluding carboxylic acids is 1. The predicted octanol–water partition coefficient (Wildman–Crippen LogP) is 4.13. The van der Waals surface area contributed by atoms with E-state index in [1.807, 2.05) is 24.3 Å². The zero-order chi connectivity index (χ0) is 20.9. The van der Waals surface area contributed by atoms with E-state index < -0.39 is 10.0 Å². The number of anilines is 3. The van der Waals surface area contributed by atoms with Gasteiger partial charge in [-0.05, 0) is 67.8 Å². The van der Waals surface area contributed by atoms with Gasteiger partial charge in [-0.1, -0.05) is 11.6 Å². The van der Waals surface area contributed by atoms with Crippen molar-refractivity contribution in [2.75, 3.05) is 40.4 Å². The summed E-state index contributed by atoms with van der Waals surface area (Å²) in [6.07, 6.45) is 4.24. The molecule has 2 aromatic rings. The maximum absolute atomic E-state index is 12.3. The molecule has 0 atom stereocenters. The van der Waals surface area contributed by atoms with Crippen LogP contribution in [0.25, 0.3) is 0 Å². The van der Waals surface area contributed by atoms with Crippen LogP contribution in [0.5, 0.6) is 0 Å². The smallest absolute Gasteiger partial charge is 0.232 e. The molecule has 0 bridgehead atoms. The fraction of sp³-hybridized carbons (Fsp3) is 0.381. The Bertz CT molecular complexity index is 925. The van der Waals surface area contributed by atoms with E-state index >= 15 is 0 Å². The first-order valence-corrected chi connectivity index (χ1v) is 11.9. The molecule has 8 heteroatoms. The number of carbonyl (C=O) groups is 1. The Morgan fingerprint density at radius 1 is 1.07 bits per heavy atom. The van der Waals surface area contributed by atoms with Crippen LogP contribution in [0.15, 0.2) is 48.5 Å². The van der Waals surface area contributed by atoms with Crippen LogP contribution in [0.1, 0.15) is 25.7 Å². The van der Waals surface area contributed by atoms with Crippen LogP contribution in [-0.2, 0) is 14.8 Å². The van der Waals surface area contributed by atoms with Crippen molar-refractivity contribution in [3.8, 4) is 0 Å². The lowest BCUT2D eigenvalue weighted by atomic mass is 10.2. The molecule has 156 valence electrons. The molecule has 6 nitrogen and oxygen atoms in total. The Kier molecular flexibility index (Phi) is 7.03. The van der Waals surface area contributed by atoms with Crippen molar-refractivity contribution in [3.63, 3.8) is 0 Å². The van der Waals surface area contributed by atoms with Crippen LogP contribution in [0.4, 0.5) is 17.1 Å². The van der Waals surface area contributed by atoms with E-state index in [4.69, 9.17) is 11.6 Å². The van der Waals surface area contributed by atoms with Crippen LogP contribution in [0.2, 0.25) is 5.02 Å². The van der Waals surface area contributed by atoms with Gasteiger partial charge in [0.25, 0.3) is 0 Å². The standard InChI is InChI=1S/C21H26ClN3O3S/c1-29(27,28)25(20-10-6-17(22)7-11-20)16-4-5-21(26)23-18-8-12-19(13-9-18)24-14-2-3-15-24/h6-13H,2-5,14-16H2,1H3,(H,23,26). The average molecular weight is 436 g/mol. The first-order chi connectivity index (χ1) is 13.8. The number of amides is 1. The molecule has 3 rings (SSSR count). The maximum Gasteiger partial charge on any atom is 0.232 e. The first kappa shape index (κ1) is 21.5. The van der Waals surface area contributed by atoms with E-state index in [1.165, 1.54) is 22.8 Å². The molecule has 1 aliphatic heterocycles. The van der Waals surface area contributed by atoms with Gasteiger partial charge in [0, 0.05) is 42.5 Å². The molecule has 1 saturated heterocycles. The molecule has 2 aromatic carbocycles. The third-order valence-corrected chi connectivity index (χ3v) is 6.35. The summed E-state index contributed by atoms with van der Waals surface area (Å²) >= 11 is 5.88. The Labute approximate surface area is 177 Å². The van der Waals surface area contributed by atoms with Crippen LogP contribution >= 0.6 is 11.6 Å².